The molecule has 8 heteroatoms. The Balaban J connectivity index is 1.88. The second-order valence-corrected chi connectivity index (χ2v) is 6.33. The molecule has 1 aliphatic rings. The van der Waals surface area contributed by atoms with E-state index >= 15 is 0 Å². The maximum absolute atomic E-state index is 12.4. The lowest BCUT2D eigenvalue weighted by Crippen LogP contribution is -2.46. The number of esters is 1. The van der Waals surface area contributed by atoms with Gasteiger partial charge in [0.25, 0.3) is 11.8 Å². The maximum Gasteiger partial charge on any atom is 0.326 e. The molecule has 4 amide bonds. The standard InChI is InChI=1S/C19H25N3O5/c1-4-13-9-7-8-10-14(13)20-15(23)12-27-16(24)11-22-17(25)19(5-2,6-3)21-18(22)26/h7-10H,4-6,11-12H2,1-3H3,(H,20,23)(H,21,26). The number of benzene rings is 1. The molecule has 1 fully saturated rings. The number of nitrogens with zero attached hydrogens (tertiary/aromatic N) is 1. The number of nitrogens with one attached hydrogen (secondary N) is 2. The van der Waals surface area contributed by atoms with E-state index in [1.54, 1.807) is 26.0 Å². The van der Waals surface area contributed by atoms with Gasteiger partial charge in [-0.05, 0) is 30.9 Å². The van der Waals surface area contributed by atoms with Gasteiger partial charge in [0.05, 0.1) is 0 Å². The van der Waals surface area contributed by atoms with E-state index in [2.05, 4.69) is 10.6 Å². The van der Waals surface area contributed by atoms with Gasteiger partial charge >= 0.3 is 12.0 Å². The number of hydrogen-bond donors (Lipinski definition) is 2. The van der Waals surface area contributed by atoms with Crippen molar-refractivity contribution in [3.05, 3.63) is 29.8 Å². The topological polar surface area (TPSA) is 105 Å². The average Bonchev–Trinajstić information content (AvgIpc) is 2.91. The summed E-state index contributed by atoms with van der Waals surface area (Å²) in [4.78, 5) is 49.3. The summed E-state index contributed by atoms with van der Waals surface area (Å²) in [5.41, 5.74) is 0.649. The van der Waals surface area contributed by atoms with Crippen molar-refractivity contribution in [3.8, 4) is 0 Å². The summed E-state index contributed by atoms with van der Waals surface area (Å²) in [6.07, 6.45) is 1.61. The lowest BCUT2D eigenvalue weighted by Gasteiger charge is -2.22. The van der Waals surface area contributed by atoms with Crippen LogP contribution < -0.4 is 10.6 Å². The van der Waals surface area contributed by atoms with Crippen molar-refractivity contribution in [2.45, 2.75) is 45.6 Å². The van der Waals surface area contributed by atoms with Gasteiger partial charge < -0.3 is 15.4 Å². The first-order chi connectivity index (χ1) is 12.9. The highest BCUT2D eigenvalue weighted by Gasteiger charge is 2.49. The minimum atomic E-state index is -0.974. The molecule has 1 heterocycles. The Morgan fingerprint density at radius 1 is 1.15 bits per heavy atom. The molecule has 0 aromatic heterocycles. The highest BCUT2D eigenvalue weighted by molar-refractivity contribution is 6.08. The quantitative estimate of drug-likeness (QED) is 0.533. The van der Waals surface area contributed by atoms with E-state index in [1.165, 1.54) is 0 Å². The smallest absolute Gasteiger partial charge is 0.326 e. The van der Waals surface area contributed by atoms with Gasteiger partial charge in [-0.25, -0.2) is 4.79 Å². The van der Waals surface area contributed by atoms with Crippen LogP contribution >= 0.6 is 0 Å². The summed E-state index contributed by atoms with van der Waals surface area (Å²) in [5.74, 6) is -1.76. The molecule has 27 heavy (non-hydrogen) atoms. The number of amides is 4. The molecule has 2 rings (SSSR count). The van der Waals surface area contributed by atoms with Crippen molar-refractivity contribution in [2.75, 3.05) is 18.5 Å². The number of para-hydroxylation sites is 1. The molecule has 0 unspecified atom stereocenters. The highest BCUT2D eigenvalue weighted by atomic mass is 16.5. The first-order valence-electron chi connectivity index (χ1n) is 9.04. The number of carbonyl (C=O) groups is 4. The van der Waals surface area contributed by atoms with Gasteiger partial charge in [-0.1, -0.05) is 39.0 Å². The summed E-state index contributed by atoms with van der Waals surface area (Å²) in [6.45, 7) is 4.54. The first kappa shape index (κ1) is 20.4. The third kappa shape index (κ3) is 4.45. The average molecular weight is 375 g/mol. The van der Waals surface area contributed by atoms with Gasteiger partial charge in [0, 0.05) is 5.69 Å². The van der Waals surface area contributed by atoms with Crippen LogP contribution in [0.2, 0.25) is 0 Å². The van der Waals surface area contributed by atoms with E-state index in [1.807, 2.05) is 19.1 Å². The Morgan fingerprint density at radius 3 is 2.41 bits per heavy atom. The van der Waals surface area contributed by atoms with Crippen LogP contribution in [0.4, 0.5) is 10.5 Å². The maximum atomic E-state index is 12.4. The molecular weight excluding hydrogens is 350 g/mol. The van der Waals surface area contributed by atoms with Crippen LogP contribution in [0, 0.1) is 0 Å². The molecule has 1 aromatic carbocycles. The molecule has 0 radical (unpaired) electrons. The third-order valence-electron chi connectivity index (χ3n) is 4.78. The number of ether oxygens (including phenoxy) is 1. The van der Waals surface area contributed by atoms with Gasteiger partial charge in [0.2, 0.25) is 0 Å². The molecule has 0 saturated carbocycles. The SMILES string of the molecule is CCc1ccccc1NC(=O)COC(=O)CN1C(=O)NC(CC)(CC)C1=O. The summed E-state index contributed by atoms with van der Waals surface area (Å²) in [6, 6.07) is 6.71. The Hall–Kier alpha value is -2.90. The van der Waals surface area contributed by atoms with Crippen LogP contribution in [0.1, 0.15) is 39.2 Å². The van der Waals surface area contributed by atoms with Crippen molar-refractivity contribution < 1.29 is 23.9 Å². The molecule has 0 aliphatic carbocycles. The van der Waals surface area contributed by atoms with E-state index in [0.29, 0.717) is 18.5 Å². The zero-order valence-electron chi connectivity index (χ0n) is 15.8. The molecular formula is C19H25N3O5. The fourth-order valence-electron chi connectivity index (χ4n) is 3.01. The van der Waals surface area contributed by atoms with E-state index in [4.69, 9.17) is 4.74 Å². The molecule has 1 saturated heterocycles. The third-order valence-corrected chi connectivity index (χ3v) is 4.78. The lowest BCUT2D eigenvalue weighted by atomic mass is 9.93. The number of imide groups is 1. The molecule has 0 bridgehead atoms. The Kier molecular flexibility index (Phi) is 6.55. The zero-order valence-corrected chi connectivity index (χ0v) is 15.8. The monoisotopic (exact) mass is 375 g/mol. The fraction of sp³-hybridized carbons (Fsp3) is 0.474. The predicted octanol–water partition coefficient (Wildman–Crippen LogP) is 1.84. The Labute approximate surface area is 158 Å². The van der Waals surface area contributed by atoms with Gasteiger partial charge in [0.15, 0.2) is 6.61 Å². The summed E-state index contributed by atoms with van der Waals surface area (Å²) in [5, 5.41) is 5.32. The second kappa shape index (κ2) is 8.66. The van der Waals surface area contributed by atoms with Crippen LogP contribution in [-0.4, -0.2) is 47.4 Å². The first-order valence-corrected chi connectivity index (χ1v) is 9.04. The van der Waals surface area contributed by atoms with Crippen LogP contribution in [0.5, 0.6) is 0 Å². The van der Waals surface area contributed by atoms with Gasteiger partial charge in [-0.15, -0.1) is 0 Å². The van der Waals surface area contributed by atoms with Crippen LogP contribution in [0.15, 0.2) is 24.3 Å². The van der Waals surface area contributed by atoms with Crippen molar-refractivity contribution >= 4 is 29.5 Å². The van der Waals surface area contributed by atoms with E-state index in [0.717, 1.165) is 16.9 Å². The van der Waals surface area contributed by atoms with Gasteiger partial charge in [-0.2, -0.15) is 0 Å². The predicted molar refractivity (Wildman–Crippen MR) is 99.0 cm³/mol. The number of hydrogen-bond acceptors (Lipinski definition) is 5. The van der Waals surface area contributed by atoms with Crippen LogP contribution in [0.25, 0.3) is 0 Å². The van der Waals surface area contributed by atoms with Crippen molar-refractivity contribution in [1.82, 2.24) is 10.2 Å². The minimum Gasteiger partial charge on any atom is -0.454 e. The number of carbonyl (C=O) groups excluding carboxylic acids is 4. The van der Waals surface area contributed by atoms with Gasteiger partial charge in [0.1, 0.15) is 12.1 Å². The molecule has 1 aliphatic heterocycles. The molecule has 0 spiro atoms. The zero-order chi connectivity index (χ0) is 20.0. The molecule has 0 atom stereocenters. The van der Waals surface area contributed by atoms with Crippen LogP contribution in [0.3, 0.4) is 0 Å². The molecule has 1 aromatic rings. The summed E-state index contributed by atoms with van der Waals surface area (Å²) in [7, 11) is 0. The van der Waals surface area contributed by atoms with E-state index in [9.17, 15) is 19.2 Å². The second-order valence-electron chi connectivity index (χ2n) is 6.33. The number of urea groups is 1. The normalized spacial score (nSPS) is 15.4. The Bertz CT molecular complexity index is 743. The molecule has 2 N–H and O–H groups in total. The lowest BCUT2D eigenvalue weighted by molar-refractivity contribution is -0.150. The van der Waals surface area contributed by atoms with Crippen molar-refractivity contribution in [2.24, 2.45) is 0 Å². The number of anilines is 1. The molecule has 146 valence electrons. The summed E-state index contributed by atoms with van der Waals surface area (Å²) >= 11 is 0. The number of rotatable bonds is 8. The van der Waals surface area contributed by atoms with Gasteiger partial charge in [-0.3, -0.25) is 19.3 Å². The van der Waals surface area contributed by atoms with Crippen molar-refractivity contribution in [1.29, 1.82) is 0 Å². The largest absolute Gasteiger partial charge is 0.454 e. The minimum absolute atomic E-state index is 0.429. The number of aryl methyl sites for hydroxylation is 1. The highest BCUT2D eigenvalue weighted by Crippen LogP contribution is 2.24. The fourth-order valence-corrected chi connectivity index (χ4v) is 3.01. The molecule has 8 nitrogen and oxygen atoms in total. The van der Waals surface area contributed by atoms with E-state index in [-0.39, 0.29) is 0 Å². The summed E-state index contributed by atoms with van der Waals surface area (Å²) < 4.78 is 4.92. The van der Waals surface area contributed by atoms with Crippen molar-refractivity contribution in [3.63, 3.8) is 0 Å². The van der Waals surface area contributed by atoms with E-state index < -0.39 is 42.5 Å². The van der Waals surface area contributed by atoms with Crippen LogP contribution in [-0.2, 0) is 25.5 Å². The Morgan fingerprint density at radius 2 is 1.81 bits per heavy atom.